The Bertz CT molecular complexity index is 1060. The van der Waals surface area contributed by atoms with E-state index in [0.29, 0.717) is 30.9 Å². The minimum absolute atomic E-state index is 0.140. The van der Waals surface area contributed by atoms with Crippen molar-refractivity contribution in [2.24, 2.45) is 5.92 Å². The summed E-state index contributed by atoms with van der Waals surface area (Å²) in [7, 11) is 0. The third kappa shape index (κ3) is 4.22. The highest BCUT2D eigenvalue weighted by molar-refractivity contribution is 5.96. The van der Waals surface area contributed by atoms with Gasteiger partial charge in [-0.1, -0.05) is 29.4 Å². The van der Waals surface area contributed by atoms with Gasteiger partial charge in [0, 0.05) is 18.8 Å². The first kappa shape index (κ1) is 19.8. The van der Waals surface area contributed by atoms with Gasteiger partial charge in [0.05, 0.1) is 5.92 Å². The van der Waals surface area contributed by atoms with Crippen LogP contribution in [0.5, 0.6) is 0 Å². The highest BCUT2D eigenvalue weighted by Crippen LogP contribution is 2.25. The molecule has 4 rings (SSSR count). The van der Waals surface area contributed by atoms with E-state index in [1.165, 1.54) is 12.1 Å². The molecule has 0 spiro atoms. The van der Waals surface area contributed by atoms with Crippen LogP contribution in [-0.2, 0) is 4.79 Å². The topological polar surface area (TPSA) is 88.3 Å². The summed E-state index contributed by atoms with van der Waals surface area (Å²) in [5.41, 5.74) is 3.01. The van der Waals surface area contributed by atoms with Crippen molar-refractivity contribution in [2.75, 3.05) is 18.4 Å². The van der Waals surface area contributed by atoms with E-state index in [2.05, 4.69) is 20.3 Å². The van der Waals surface area contributed by atoms with Crippen molar-refractivity contribution in [3.63, 3.8) is 0 Å². The lowest BCUT2D eigenvalue weighted by Crippen LogP contribution is -2.44. The van der Waals surface area contributed by atoms with Crippen LogP contribution >= 0.6 is 0 Å². The minimum Gasteiger partial charge on any atom is -0.336 e. The number of amides is 2. The van der Waals surface area contributed by atoms with Crippen LogP contribution in [-0.4, -0.2) is 40.1 Å². The number of nitrogens with zero attached hydrogens (tertiary/aromatic N) is 3. The van der Waals surface area contributed by atoms with Crippen molar-refractivity contribution in [3.05, 3.63) is 65.7 Å². The number of benzene rings is 2. The molecule has 7 nitrogen and oxygen atoms in total. The van der Waals surface area contributed by atoms with Crippen LogP contribution in [0.15, 0.2) is 53.2 Å². The number of hydrogen-bond acceptors (Lipinski definition) is 5. The highest BCUT2D eigenvalue weighted by Gasteiger charge is 2.31. The Kier molecular flexibility index (Phi) is 5.56. The van der Waals surface area contributed by atoms with Crippen molar-refractivity contribution in [1.29, 1.82) is 0 Å². The molecular formula is C22H21FN4O3. The van der Waals surface area contributed by atoms with Gasteiger partial charge >= 0.3 is 0 Å². The molecule has 1 aliphatic heterocycles. The molecule has 8 heteroatoms. The second kappa shape index (κ2) is 8.44. The molecule has 0 bridgehead atoms. The van der Waals surface area contributed by atoms with Gasteiger partial charge in [-0.15, -0.1) is 0 Å². The monoisotopic (exact) mass is 408 g/mol. The van der Waals surface area contributed by atoms with Gasteiger partial charge in [0.2, 0.25) is 5.91 Å². The van der Waals surface area contributed by atoms with Crippen LogP contribution in [0.4, 0.5) is 10.1 Å². The van der Waals surface area contributed by atoms with Gasteiger partial charge in [-0.3, -0.25) is 9.59 Å². The number of hydrogen-bond donors (Lipinski definition) is 1. The summed E-state index contributed by atoms with van der Waals surface area (Å²) in [5.74, 6) is -1.03. The second-order valence-corrected chi connectivity index (χ2v) is 7.37. The van der Waals surface area contributed by atoms with Crippen LogP contribution < -0.4 is 5.32 Å². The average molecular weight is 408 g/mol. The van der Waals surface area contributed by atoms with Gasteiger partial charge in [0.25, 0.3) is 5.91 Å². The molecule has 2 heterocycles. The smallest absolute Gasteiger partial charge is 0.278 e. The maximum atomic E-state index is 13.2. The molecule has 3 aromatic rings. The van der Waals surface area contributed by atoms with Gasteiger partial charge < -0.3 is 10.2 Å². The number of aryl methyl sites for hydroxylation is 1. The number of nitrogens with one attached hydrogen (secondary N) is 1. The van der Waals surface area contributed by atoms with E-state index >= 15 is 0 Å². The molecule has 1 fully saturated rings. The summed E-state index contributed by atoms with van der Waals surface area (Å²) in [6.45, 7) is 2.54. The molecule has 0 radical (unpaired) electrons. The van der Waals surface area contributed by atoms with E-state index in [1.54, 1.807) is 30.0 Å². The lowest BCUT2D eigenvalue weighted by Gasteiger charge is -2.31. The fourth-order valence-electron chi connectivity index (χ4n) is 3.61. The van der Waals surface area contributed by atoms with E-state index in [0.717, 1.165) is 17.5 Å². The predicted molar refractivity (Wildman–Crippen MR) is 108 cm³/mol. The van der Waals surface area contributed by atoms with Crippen molar-refractivity contribution in [2.45, 2.75) is 19.8 Å². The average Bonchev–Trinajstić information content (AvgIpc) is 3.20. The number of piperidine rings is 1. The molecule has 154 valence electrons. The third-order valence-corrected chi connectivity index (χ3v) is 5.24. The number of carbonyl (C=O) groups is 2. The third-order valence-electron chi connectivity index (χ3n) is 5.24. The number of anilines is 1. The molecule has 0 saturated carbocycles. The molecular weight excluding hydrogens is 387 g/mol. The maximum absolute atomic E-state index is 13.2. The zero-order chi connectivity index (χ0) is 21.1. The molecule has 0 aliphatic carbocycles. The standard InChI is InChI=1S/C22H21FN4O3/c1-14-20(26-30-25-14)22(29)27-11-3-5-17(13-27)21(28)24-19-6-2-4-16(12-19)15-7-9-18(23)10-8-15/h2,4,6-10,12,17H,3,5,11,13H2,1H3,(H,24,28)/t17-/m0/s1. The summed E-state index contributed by atoms with van der Waals surface area (Å²) in [6, 6.07) is 13.6. The van der Waals surface area contributed by atoms with Crippen LogP contribution in [0.2, 0.25) is 0 Å². The molecule has 1 N–H and O–H groups in total. The van der Waals surface area contributed by atoms with E-state index in [4.69, 9.17) is 0 Å². The molecule has 2 amide bonds. The molecule has 30 heavy (non-hydrogen) atoms. The van der Waals surface area contributed by atoms with Crippen molar-refractivity contribution in [3.8, 4) is 11.1 Å². The van der Waals surface area contributed by atoms with Gasteiger partial charge in [-0.25, -0.2) is 9.02 Å². The Morgan fingerprint density at radius 2 is 1.93 bits per heavy atom. The quantitative estimate of drug-likeness (QED) is 0.712. The summed E-state index contributed by atoms with van der Waals surface area (Å²) in [5, 5.41) is 10.3. The largest absolute Gasteiger partial charge is 0.336 e. The summed E-state index contributed by atoms with van der Waals surface area (Å²) >= 11 is 0. The summed E-state index contributed by atoms with van der Waals surface area (Å²) < 4.78 is 17.8. The fraction of sp³-hybridized carbons (Fsp3) is 0.273. The van der Waals surface area contributed by atoms with Crippen LogP contribution in [0.25, 0.3) is 11.1 Å². The number of rotatable bonds is 4. The number of halogens is 1. The Morgan fingerprint density at radius 1 is 1.13 bits per heavy atom. The van der Waals surface area contributed by atoms with E-state index < -0.39 is 0 Å². The van der Waals surface area contributed by atoms with Gasteiger partial charge in [0.15, 0.2) is 5.69 Å². The minimum atomic E-state index is -0.322. The van der Waals surface area contributed by atoms with Crippen LogP contribution in [0.1, 0.15) is 29.0 Å². The Labute approximate surface area is 172 Å². The van der Waals surface area contributed by atoms with Gasteiger partial charge in [-0.05, 0) is 60.3 Å². The van der Waals surface area contributed by atoms with Gasteiger partial charge in [0.1, 0.15) is 11.5 Å². The first-order valence-corrected chi connectivity index (χ1v) is 9.76. The van der Waals surface area contributed by atoms with Crippen molar-refractivity contribution >= 4 is 17.5 Å². The molecule has 1 saturated heterocycles. The van der Waals surface area contributed by atoms with E-state index in [1.807, 2.05) is 18.2 Å². The Hall–Kier alpha value is -3.55. The van der Waals surface area contributed by atoms with Crippen molar-refractivity contribution in [1.82, 2.24) is 15.2 Å². The number of carbonyl (C=O) groups excluding carboxylic acids is 2. The molecule has 1 atom stereocenters. The molecule has 1 aromatic heterocycles. The molecule has 1 aliphatic rings. The van der Waals surface area contributed by atoms with E-state index in [-0.39, 0.29) is 29.2 Å². The predicted octanol–water partition coefficient (Wildman–Crippen LogP) is 3.68. The fourth-order valence-corrected chi connectivity index (χ4v) is 3.61. The first-order valence-electron chi connectivity index (χ1n) is 9.76. The zero-order valence-corrected chi connectivity index (χ0v) is 16.5. The maximum Gasteiger partial charge on any atom is 0.278 e. The Morgan fingerprint density at radius 3 is 2.67 bits per heavy atom. The lowest BCUT2D eigenvalue weighted by molar-refractivity contribution is -0.121. The zero-order valence-electron chi connectivity index (χ0n) is 16.5. The number of likely N-dealkylation sites (tertiary alicyclic amines) is 1. The normalized spacial score (nSPS) is 16.3. The van der Waals surface area contributed by atoms with Gasteiger partial charge in [-0.2, -0.15) is 0 Å². The SMILES string of the molecule is Cc1nonc1C(=O)N1CCC[C@H](C(=O)Nc2cccc(-c3ccc(F)cc3)c2)C1. The number of aromatic nitrogens is 2. The highest BCUT2D eigenvalue weighted by atomic mass is 19.1. The van der Waals surface area contributed by atoms with Crippen molar-refractivity contribution < 1.29 is 18.6 Å². The Balaban J connectivity index is 1.43. The lowest BCUT2D eigenvalue weighted by atomic mass is 9.96. The van der Waals surface area contributed by atoms with E-state index in [9.17, 15) is 14.0 Å². The second-order valence-electron chi connectivity index (χ2n) is 7.37. The van der Waals surface area contributed by atoms with Crippen LogP contribution in [0.3, 0.4) is 0 Å². The molecule has 0 unspecified atom stereocenters. The summed E-state index contributed by atoms with van der Waals surface area (Å²) in [6.07, 6.45) is 1.42. The first-order chi connectivity index (χ1) is 14.5. The summed E-state index contributed by atoms with van der Waals surface area (Å²) in [4.78, 5) is 27.1. The van der Waals surface area contributed by atoms with Crippen LogP contribution in [0, 0.1) is 18.7 Å². The molecule has 2 aromatic carbocycles.